The molecule has 1 aromatic rings. The van der Waals surface area contributed by atoms with E-state index in [1.165, 1.54) is 11.1 Å². The Kier molecular flexibility index (Phi) is 3.96. The Bertz CT molecular complexity index is 296. The Balaban J connectivity index is 0.000000461. The van der Waals surface area contributed by atoms with Crippen molar-refractivity contribution < 1.29 is 5.11 Å². The lowest BCUT2D eigenvalue weighted by atomic mass is 9.96. The van der Waals surface area contributed by atoms with Gasteiger partial charge < -0.3 is 10.4 Å². The average molecular weight is 193 g/mol. The second-order valence-electron chi connectivity index (χ2n) is 3.44. The summed E-state index contributed by atoms with van der Waals surface area (Å²) < 4.78 is 0. The van der Waals surface area contributed by atoms with E-state index in [2.05, 4.69) is 12.2 Å². The van der Waals surface area contributed by atoms with Gasteiger partial charge in [0.05, 0.1) is 0 Å². The van der Waals surface area contributed by atoms with Gasteiger partial charge in [-0.15, -0.1) is 0 Å². The van der Waals surface area contributed by atoms with Crippen LogP contribution in [0.15, 0.2) is 18.2 Å². The molecule has 78 valence electrons. The number of fused-ring (bicyclic) bond motifs is 1. The van der Waals surface area contributed by atoms with Crippen molar-refractivity contribution in [3.63, 3.8) is 0 Å². The minimum Gasteiger partial charge on any atom is -0.508 e. The molecule has 0 aliphatic carbocycles. The summed E-state index contributed by atoms with van der Waals surface area (Å²) in [5.74, 6) is 0.378. The first-order valence-electron chi connectivity index (χ1n) is 5.30. The van der Waals surface area contributed by atoms with E-state index >= 15 is 0 Å². The predicted molar refractivity (Wildman–Crippen MR) is 59.5 cm³/mol. The number of hydrogen-bond donors (Lipinski definition) is 2. The summed E-state index contributed by atoms with van der Waals surface area (Å²) in [7, 11) is 0. The van der Waals surface area contributed by atoms with Crippen LogP contribution < -0.4 is 5.32 Å². The van der Waals surface area contributed by atoms with Crippen molar-refractivity contribution in [1.29, 1.82) is 0 Å². The van der Waals surface area contributed by atoms with E-state index in [4.69, 9.17) is 0 Å². The van der Waals surface area contributed by atoms with Crippen molar-refractivity contribution in [3.8, 4) is 5.75 Å². The highest BCUT2D eigenvalue weighted by Crippen LogP contribution is 2.21. The Morgan fingerprint density at radius 3 is 2.71 bits per heavy atom. The molecule has 1 atom stereocenters. The van der Waals surface area contributed by atoms with Gasteiger partial charge in [-0.05, 0) is 36.6 Å². The molecule has 0 fully saturated rings. The fraction of sp³-hybridized carbons (Fsp3) is 0.500. The van der Waals surface area contributed by atoms with Gasteiger partial charge in [-0.3, -0.25) is 0 Å². The quantitative estimate of drug-likeness (QED) is 0.663. The van der Waals surface area contributed by atoms with E-state index in [-0.39, 0.29) is 0 Å². The maximum atomic E-state index is 9.25. The maximum absolute atomic E-state index is 9.25. The van der Waals surface area contributed by atoms with Gasteiger partial charge in [0, 0.05) is 12.6 Å². The summed E-state index contributed by atoms with van der Waals surface area (Å²) in [6.07, 6.45) is 1.02. The maximum Gasteiger partial charge on any atom is 0.115 e. The zero-order valence-electron chi connectivity index (χ0n) is 9.17. The fourth-order valence-electron chi connectivity index (χ4n) is 1.66. The summed E-state index contributed by atoms with van der Waals surface area (Å²) in [6, 6.07) is 6.13. The van der Waals surface area contributed by atoms with E-state index < -0.39 is 0 Å². The Labute approximate surface area is 86.0 Å². The molecule has 2 nitrogen and oxygen atoms in total. The molecule has 0 saturated carbocycles. The Morgan fingerprint density at radius 2 is 2.00 bits per heavy atom. The molecule has 1 unspecified atom stereocenters. The Hall–Kier alpha value is -1.02. The number of phenols is 1. The standard InChI is InChI=1S/C10H13NO.C2H6/c1-7-4-9-5-10(12)3-2-8(9)6-11-7;1-2/h2-3,5,7,11-12H,4,6H2,1H3;1-2H3. The summed E-state index contributed by atoms with van der Waals surface area (Å²) in [6.45, 7) is 7.09. The smallest absolute Gasteiger partial charge is 0.115 e. The first-order chi connectivity index (χ1) is 6.75. The van der Waals surface area contributed by atoms with E-state index in [0.717, 1.165) is 13.0 Å². The van der Waals surface area contributed by atoms with E-state index in [9.17, 15) is 5.11 Å². The largest absolute Gasteiger partial charge is 0.508 e. The number of nitrogens with one attached hydrogen (secondary N) is 1. The third-order valence-electron chi connectivity index (χ3n) is 2.36. The molecule has 0 aromatic heterocycles. The highest BCUT2D eigenvalue weighted by atomic mass is 16.3. The van der Waals surface area contributed by atoms with Crippen molar-refractivity contribution in [2.75, 3.05) is 0 Å². The molecule has 0 saturated heterocycles. The number of rotatable bonds is 0. The lowest BCUT2D eigenvalue weighted by molar-refractivity contribution is 0.468. The van der Waals surface area contributed by atoms with Gasteiger partial charge in [-0.25, -0.2) is 0 Å². The first kappa shape index (κ1) is 11.1. The molecule has 2 N–H and O–H groups in total. The highest BCUT2D eigenvalue weighted by Gasteiger charge is 2.13. The highest BCUT2D eigenvalue weighted by molar-refractivity contribution is 5.36. The number of hydrogen-bond acceptors (Lipinski definition) is 2. The molecule has 0 bridgehead atoms. The van der Waals surface area contributed by atoms with Gasteiger partial charge >= 0.3 is 0 Å². The van der Waals surface area contributed by atoms with Crippen LogP contribution >= 0.6 is 0 Å². The van der Waals surface area contributed by atoms with Crippen molar-refractivity contribution in [3.05, 3.63) is 29.3 Å². The van der Waals surface area contributed by atoms with E-state index in [1.807, 2.05) is 26.0 Å². The molecule has 14 heavy (non-hydrogen) atoms. The SMILES string of the molecule is CC.CC1Cc2cc(O)ccc2CN1. The normalized spacial score (nSPS) is 19.2. The number of benzene rings is 1. The molecule has 0 radical (unpaired) electrons. The fourth-order valence-corrected chi connectivity index (χ4v) is 1.66. The van der Waals surface area contributed by atoms with Crippen molar-refractivity contribution in [1.82, 2.24) is 5.32 Å². The van der Waals surface area contributed by atoms with Crippen LogP contribution in [0.5, 0.6) is 5.75 Å². The minimum atomic E-state index is 0.378. The van der Waals surface area contributed by atoms with Gasteiger partial charge in [0.1, 0.15) is 5.75 Å². The zero-order valence-corrected chi connectivity index (χ0v) is 9.17. The second-order valence-corrected chi connectivity index (χ2v) is 3.44. The molecule has 1 aromatic carbocycles. The molecular weight excluding hydrogens is 174 g/mol. The predicted octanol–water partition coefficient (Wildman–Crippen LogP) is 2.45. The zero-order chi connectivity index (χ0) is 10.6. The molecule has 1 heterocycles. The van der Waals surface area contributed by atoms with Gasteiger partial charge in [0.2, 0.25) is 0 Å². The monoisotopic (exact) mass is 193 g/mol. The van der Waals surface area contributed by atoms with Crippen molar-refractivity contribution in [2.24, 2.45) is 0 Å². The number of phenolic OH excluding ortho intramolecular Hbond substituents is 1. The Morgan fingerprint density at radius 1 is 1.29 bits per heavy atom. The lowest BCUT2D eigenvalue weighted by Crippen LogP contribution is -2.32. The van der Waals surface area contributed by atoms with E-state index in [1.54, 1.807) is 6.07 Å². The summed E-state index contributed by atoms with van der Waals surface area (Å²) in [4.78, 5) is 0. The summed E-state index contributed by atoms with van der Waals surface area (Å²) >= 11 is 0. The van der Waals surface area contributed by atoms with Gasteiger partial charge in [0.15, 0.2) is 0 Å². The van der Waals surface area contributed by atoms with Crippen LogP contribution in [0.25, 0.3) is 0 Å². The molecular formula is C12H19NO. The van der Waals surface area contributed by atoms with E-state index in [0.29, 0.717) is 11.8 Å². The third-order valence-corrected chi connectivity index (χ3v) is 2.36. The van der Waals surface area contributed by atoms with Crippen molar-refractivity contribution in [2.45, 2.75) is 39.8 Å². The van der Waals surface area contributed by atoms with Crippen molar-refractivity contribution >= 4 is 0 Å². The first-order valence-corrected chi connectivity index (χ1v) is 5.30. The summed E-state index contributed by atoms with van der Waals surface area (Å²) in [5.41, 5.74) is 2.59. The minimum absolute atomic E-state index is 0.378. The van der Waals surface area contributed by atoms with Crippen LogP contribution in [0.3, 0.4) is 0 Å². The molecule has 0 spiro atoms. The third kappa shape index (κ3) is 2.48. The van der Waals surface area contributed by atoms with Crippen LogP contribution in [0, 0.1) is 0 Å². The van der Waals surface area contributed by atoms with Gasteiger partial charge in [-0.1, -0.05) is 19.9 Å². The van der Waals surface area contributed by atoms with Crippen LogP contribution in [0.4, 0.5) is 0 Å². The molecule has 1 aliphatic heterocycles. The lowest BCUT2D eigenvalue weighted by Gasteiger charge is -2.22. The number of aromatic hydroxyl groups is 1. The topological polar surface area (TPSA) is 32.3 Å². The molecule has 2 heteroatoms. The molecule has 2 rings (SSSR count). The van der Waals surface area contributed by atoms with Crippen LogP contribution in [0.1, 0.15) is 31.9 Å². The summed E-state index contributed by atoms with van der Waals surface area (Å²) in [5, 5.41) is 12.6. The van der Waals surface area contributed by atoms with Crippen LogP contribution in [0.2, 0.25) is 0 Å². The second kappa shape index (κ2) is 5.01. The van der Waals surface area contributed by atoms with Crippen LogP contribution in [-0.2, 0) is 13.0 Å². The molecule has 1 aliphatic rings. The van der Waals surface area contributed by atoms with Gasteiger partial charge in [-0.2, -0.15) is 0 Å². The van der Waals surface area contributed by atoms with Gasteiger partial charge in [0.25, 0.3) is 0 Å². The average Bonchev–Trinajstić information content (AvgIpc) is 2.20. The van der Waals surface area contributed by atoms with Crippen LogP contribution in [-0.4, -0.2) is 11.1 Å². The molecule has 0 amide bonds.